The Bertz CT molecular complexity index is 895. The van der Waals surface area contributed by atoms with Gasteiger partial charge >= 0.3 is 24.3 Å². The summed E-state index contributed by atoms with van der Waals surface area (Å²) in [7, 11) is 1.98. The quantitative estimate of drug-likeness (QED) is 0.413. The largest absolute Gasteiger partial charge is 0.490 e. The lowest BCUT2D eigenvalue weighted by atomic mass is 9.93. The number of hydrogen-bond donors (Lipinski definition) is 4. The molecule has 0 unspecified atom stereocenters. The highest BCUT2D eigenvalue weighted by Gasteiger charge is 2.39. The molecule has 3 rings (SSSR count). The second-order valence-electron chi connectivity index (χ2n) is 8.58. The highest BCUT2D eigenvalue weighted by Crippen LogP contribution is 2.22. The maximum absolute atomic E-state index is 13.0. The summed E-state index contributed by atoms with van der Waals surface area (Å²) in [6.07, 6.45) is -8.33. The fraction of sp³-hybridized carbons (Fsp3) is 0.591. The normalized spacial score (nSPS) is 20.8. The fourth-order valence-electron chi connectivity index (χ4n) is 3.60. The molecular weight excluding hydrogens is 535 g/mol. The maximum atomic E-state index is 13.0. The van der Waals surface area contributed by atoms with E-state index in [0.29, 0.717) is 13.0 Å². The lowest BCUT2D eigenvalue weighted by Crippen LogP contribution is -2.52. The molecule has 4 N–H and O–H groups in total. The minimum absolute atomic E-state index is 0.0331. The maximum Gasteiger partial charge on any atom is 0.490 e. The van der Waals surface area contributed by atoms with E-state index in [1.54, 1.807) is 12.1 Å². The number of aliphatic hydroxyl groups excluding tert-OH is 1. The number of nitrogens with one attached hydrogen (secondary N) is 1. The molecular formula is C22H28F7N3O6. The number of likely N-dealkylation sites (tertiary alicyclic amines) is 1. The Hall–Kier alpha value is -3.14. The molecule has 216 valence electrons. The number of benzene rings is 1. The van der Waals surface area contributed by atoms with Crippen molar-refractivity contribution in [2.24, 2.45) is 5.92 Å². The second kappa shape index (κ2) is 14.1. The molecule has 0 spiro atoms. The van der Waals surface area contributed by atoms with Gasteiger partial charge in [-0.25, -0.2) is 14.0 Å². The van der Waals surface area contributed by atoms with E-state index in [0.717, 1.165) is 38.2 Å². The number of nitrogens with zero attached hydrogens (tertiary/aromatic N) is 2. The number of hydrogen-bond acceptors (Lipinski definition) is 6. The van der Waals surface area contributed by atoms with E-state index in [1.165, 1.54) is 12.1 Å². The number of piperidine rings is 2. The van der Waals surface area contributed by atoms with Crippen molar-refractivity contribution >= 4 is 23.5 Å². The summed E-state index contributed by atoms with van der Waals surface area (Å²) in [4.78, 5) is 34.6. The van der Waals surface area contributed by atoms with Crippen molar-refractivity contribution in [3.05, 3.63) is 30.1 Å². The number of carboxylic acids is 2. The number of carbonyl (C=O) groups is 3. The summed E-state index contributed by atoms with van der Waals surface area (Å²) in [5, 5.41) is 27.4. The van der Waals surface area contributed by atoms with Crippen molar-refractivity contribution in [2.45, 2.75) is 43.8 Å². The number of anilines is 1. The monoisotopic (exact) mass is 563 g/mol. The molecule has 16 heteroatoms. The Kier molecular flexibility index (Phi) is 12.2. The molecule has 2 atom stereocenters. The van der Waals surface area contributed by atoms with Gasteiger partial charge in [-0.2, -0.15) is 26.3 Å². The topological polar surface area (TPSA) is 130 Å². The highest BCUT2D eigenvalue weighted by atomic mass is 19.4. The molecule has 2 fully saturated rings. The zero-order chi connectivity index (χ0) is 29.3. The molecule has 38 heavy (non-hydrogen) atoms. The summed E-state index contributed by atoms with van der Waals surface area (Å²) >= 11 is 0. The first-order valence-electron chi connectivity index (χ1n) is 11.2. The van der Waals surface area contributed by atoms with Crippen LogP contribution in [-0.2, 0) is 14.4 Å². The van der Waals surface area contributed by atoms with Crippen LogP contribution < -0.4 is 10.2 Å². The predicted octanol–water partition coefficient (Wildman–Crippen LogP) is 2.49. The molecule has 1 amide bonds. The molecule has 0 saturated carbocycles. The molecule has 2 heterocycles. The van der Waals surface area contributed by atoms with Crippen molar-refractivity contribution in [3.63, 3.8) is 0 Å². The van der Waals surface area contributed by atoms with Gasteiger partial charge in [0.05, 0.1) is 12.0 Å². The second-order valence-corrected chi connectivity index (χ2v) is 8.58. The Labute approximate surface area is 212 Å². The lowest BCUT2D eigenvalue weighted by molar-refractivity contribution is -0.193. The number of amides is 1. The van der Waals surface area contributed by atoms with Crippen molar-refractivity contribution < 1.29 is 60.4 Å². The number of aliphatic hydroxyl groups is 1. The van der Waals surface area contributed by atoms with Crippen LogP contribution in [0.15, 0.2) is 24.3 Å². The standard InChI is InChI=1S/C18H26FN3O2.2C2HF3O2/c1-21-9-8-17(23)16(12-21)18(24)20-14-6-10-22(11-7-14)15-4-2-13(19)3-5-15;2*3-2(4,5)1(6)7/h2-5,14,16-17,23H,6-12H2,1H3,(H,20,24);2*(H,6,7)/t16-,17-;;/m1../s1. The number of carboxylic acid groups (broad SMARTS) is 2. The molecule has 2 saturated heterocycles. The van der Waals surface area contributed by atoms with Crippen LogP contribution in [0.2, 0.25) is 0 Å². The first-order chi connectivity index (χ1) is 17.4. The number of rotatable bonds is 3. The van der Waals surface area contributed by atoms with Gasteiger partial charge in [-0.15, -0.1) is 0 Å². The van der Waals surface area contributed by atoms with Gasteiger partial charge in [-0.3, -0.25) is 4.79 Å². The van der Waals surface area contributed by atoms with Gasteiger partial charge in [-0.05, 0) is 50.6 Å². The number of aliphatic carboxylic acids is 2. The van der Waals surface area contributed by atoms with E-state index in [9.17, 15) is 40.6 Å². The number of carbonyl (C=O) groups excluding carboxylic acids is 1. The van der Waals surface area contributed by atoms with Crippen LogP contribution in [0.3, 0.4) is 0 Å². The van der Waals surface area contributed by atoms with Crippen molar-refractivity contribution in [2.75, 3.05) is 38.1 Å². The van der Waals surface area contributed by atoms with Crippen molar-refractivity contribution in [1.82, 2.24) is 10.2 Å². The van der Waals surface area contributed by atoms with Crippen LogP contribution in [0.1, 0.15) is 19.3 Å². The van der Waals surface area contributed by atoms with Gasteiger partial charge in [0.1, 0.15) is 5.82 Å². The number of halogens is 7. The van der Waals surface area contributed by atoms with E-state index in [1.807, 2.05) is 7.05 Å². The average Bonchev–Trinajstić information content (AvgIpc) is 2.81. The van der Waals surface area contributed by atoms with Gasteiger partial charge in [0.25, 0.3) is 0 Å². The van der Waals surface area contributed by atoms with E-state index in [4.69, 9.17) is 19.8 Å². The molecule has 1 aromatic rings. The van der Waals surface area contributed by atoms with Crippen LogP contribution in [0, 0.1) is 11.7 Å². The van der Waals surface area contributed by atoms with E-state index in [-0.39, 0.29) is 23.7 Å². The molecule has 0 aromatic heterocycles. The third-order valence-corrected chi connectivity index (χ3v) is 5.63. The summed E-state index contributed by atoms with van der Waals surface area (Å²) in [5.74, 6) is -6.11. The van der Waals surface area contributed by atoms with Crippen LogP contribution in [0.25, 0.3) is 0 Å². The average molecular weight is 563 g/mol. The van der Waals surface area contributed by atoms with Gasteiger partial charge in [0.2, 0.25) is 5.91 Å². The SMILES string of the molecule is CN1CC[C@@H](O)[C@H](C(=O)NC2CCN(c3ccc(F)cc3)CC2)C1.O=C(O)C(F)(F)F.O=C(O)C(F)(F)F. The predicted molar refractivity (Wildman–Crippen MR) is 119 cm³/mol. The third-order valence-electron chi connectivity index (χ3n) is 5.63. The molecule has 0 bridgehead atoms. The van der Waals surface area contributed by atoms with Crippen molar-refractivity contribution in [3.8, 4) is 0 Å². The zero-order valence-corrected chi connectivity index (χ0v) is 20.1. The molecule has 9 nitrogen and oxygen atoms in total. The van der Waals surface area contributed by atoms with Gasteiger partial charge in [0.15, 0.2) is 0 Å². The molecule has 2 aliphatic rings. The molecule has 0 aliphatic carbocycles. The highest BCUT2D eigenvalue weighted by molar-refractivity contribution is 5.80. The summed E-state index contributed by atoms with van der Waals surface area (Å²) < 4.78 is 76.5. The van der Waals surface area contributed by atoms with Crippen LogP contribution >= 0.6 is 0 Å². The van der Waals surface area contributed by atoms with E-state index < -0.39 is 30.4 Å². The molecule has 0 radical (unpaired) electrons. The van der Waals surface area contributed by atoms with Crippen LogP contribution in [0.4, 0.5) is 36.4 Å². The molecule has 1 aromatic carbocycles. The minimum Gasteiger partial charge on any atom is -0.475 e. The first kappa shape index (κ1) is 32.9. The summed E-state index contributed by atoms with van der Waals surface area (Å²) in [6.45, 7) is 3.12. The van der Waals surface area contributed by atoms with Crippen LogP contribution in [0.5, 0.6) is 0 Å². The van der Waals surface area contributed by atoms with Gasteiger partial charge in [0, 0.05) is 37.9 Å². The Morgan fingerprint density at radius 3 is 1.74 bits per heavy atom. The Balaban J connectivity index is 0.000000426. The van der Waals surface area contributed by atoms with Gasteiger partial charge in [-0.1, -0.05) is 0 Å². The summed E-state index contributed by atoms with van der Waals surface area (Å²) in [5.41, 5.74) is 1.02. The minimum atomic E-state index is -5.08. The Morgan fingerprint density at radius 2 is 1.32 bits per heavy atom. The third kappa shape index (κ3) is 11.5. The van der Waals surface area contributed by atoms with E-state index >= 15 is 0 Å². The molecule has 2 aliphatic heterocycles. The first-order valence-corrected chi connectivity index (χ1v) is 11.2. The smallest absolute Gasteiger partial charge is 0.475 e. The fourth-order valence-corrected chi connectivity index (χ4v) is 3.60. The zero-order valence-electron chi connectivity index (χ0n) is 20.1. The van der Waals surface area contributed by atoms with E-state index in [2.05, 4.69) is 15.1 Å². The van der Waals surface area contributed by atoms with Gasteiger partial charge < -0.3 is 30.4 Å². The Morgan fingerprint density at radius 1 is 0.868 bits per heavy atom. The lowest BCUT2D eigenvalue weighted by Gasteiger charge is -2.37. The number of alkyl halides is 6. The summed E-state index contributed by atoms with van der Waals surface area (Å²) in [6, 6.07) is 6.69. The van der Waals surface area contributed by atoms with Crippen molar-refractivity contribution in [1.29, 1.82) is 0 Å². The van der Waals surface area contributed by atoms with Crippen LogP contribution in [-0.4, -0.2) is 95.8 Å².